The number of rotatable bonds is 4. The monoisotopic (exact) mass is 416 g/mol. The van der Waals surface area contributed by atoms with Crippen molar-refractivity contribution in [1.82, 2.24) is 15.5 Å². The van der Waals surface area contributed by atoms with E-state index in [1.165, 1.54) is 0 Å². The molecule has 0 saturated carbocycles. The highest BCUT2D eigenvalue weighted by molar-refractivity contribution is 9.10. The zero-order valence-electron chi connectivity index (χ0n) is 13.4. The van der Waals surface area contributed by atoms with E-state index >= 15 is 0 Å². The molecule has 0 radical (unpaired) electrons. The van der Waals surface area contributed by atoms with Gasteiger partial charge in [0.15, 0.2) is 11.5 Å². The summed E-state index contributed by atoms with van der Waals surface area (Å²) in [6.07, 6.45) is 0. The van der Waals surface area contributed by atoms with Crippen LogP contribution >= 0.6 is 15.9 Å². The Kier molecular flexibility index (Phi) is 4.44. The molecule has 2 amide bonds. The van der Waals surface area contributed by atoms with Crippen LogP contribution in [0.2, 0.25) is 0 Å². The van der Waals surface area contributed by atoms with Crippen molar-refractivity contribution >= 4 is 27.6 Å². The Morgan fingerprint density at radius 3 is 2.77 bits per heavy atom. The van der Waals surface area contributed by atoms with Gasteiger partial charge in [0.2, 0.25) is 18.5 Å². The molecule has 132 valence electrons. The van der Waals surface area contributed by atoms with Crippen molar-refractivity contribution in [3.8, 4) is 22.9 Å². The van der Waals surface area contributed by atoms with Crippen LogP contribution in [0.1, 0.15) is 5.89 Å². The molecule has 4 rings (SSSR count). The lowest BCUT2D eigenvalue weighted by Crippen LogP contribution is -2.28. The molecule has 1 aliphatic heterocycles. The summed E-state index contributed by atoms with van der Waals surface area (Å²) in [5.74, 6) is 2.03. The van der Waals surface area contributed by atoms with Crippen LogP contribution in [-0.4, -0.2) is 23.0 Å². The number of nitrogens with one attached hydrogen (secondary N) is 2. The van der Waals surface area contributed by atoms with Gasteiger partial charge in [-0.15, -0.1) is 0 Å². The van der Waals surface area contributed by atoms with Gasteiger partial charge in [-0.25, -0.2) is 4.79 Å². The summed E-state index contributed by atoms with van der Waals surface area (Å²) in [4.78, 5) is 16.2. The number of urea groups is 1. The fourth-order valence-electron chi connectivity index (χ4n) is 2.34. The molecule has 0 saturated heterocycles. The van der Waals surface area contributed by atoms with E-state index in [9.17, 15) is 4.79 Å². The average Bonchev–Trinajstić information content (AvgIpc) is 3.30. The van der Waals surface area contributed by atoms with Crippen LogP contribution < -0.4 is 20.1 Å². The molecule has 1 aliphatic rings. The van der Waals surface area contributed by atoms with E-state index in [0.717, 1.165) is 10.0 Å². The topological polar surface area (TPSA) is 98.5 Å². The maximum atomic E-state index is 11.9. The Morgan fingerprint density at radius 1 is 1.12 bits per heavy atom. The highest BCUT2D eigenvalue weighted by Gasteiger charge is 2.16. The molecular formula is C17H13BrN4O4. The molecular weight excluding hydrogens is 404 g/mol. The maximum absolute atomic E-state index is 11.9. The molecule has 1 aromatic heterocycles. The predicted octanol–water partition coefficient (Wildman–Crippen LogP) is 3.55. The molecule has 0 bridgehead atoms. The van der Waals surface area contributed by atoms with Crippen molar-refractivity contribution < 1.29 is 18.8 Å². The van der Waals surface area contributed by atoms with Gasteiger partial charge in [0.25, 0.3) is 0 Å². The Morgan fingerprint density at radius 2 is 1.92 bits per heavy atom. The van der Waals surface area contributed by atoms with Crippen molar-refractivity contribution in [2.24, 2.45) is 0 Å². The molecule has 2 heterocycles. The largest absolute Gasteiger partial charge is 0.454 e. The van der Waals surface area contributed by atoms with Crippen LogP contribution in [0.15, 0.2) is 51.5 Å². The van der Waals surface area contributed by atoms with Crippen LogP contribution in [0.3, 0.4) is 0 Å². The molecule has 0 aliphatic carbocycles. The Labute approximate surface area is 156 Å². The summed E-state index contributed by atoms with van der Waals surface area (Å²) in [5, 5.41) is 9.30. The number of fused-ring (bicyclic) bond motifs is 1. The van der Waals surface area contributed by atoms with Crippen LogP contribution in [-0.2, 0) is 6.54 Å². The van der Waals surface area contributed by atoms with E-state index in [1.54, 1.807) is 24.3 Å². The summed E-state index contributed by atoms with van der Waals surface area (Å²) >= 11 is 3.34. The molecule has 2 aromatic carbocycles. The first-order chi connectivity index (χ1) is 12.7. The highest BCUT2D eigenvalue weighted by atomic mass is 79.9. The summed E-state index contributed by atoms with van der Waals surface area (Å²) < 4.78 is 16.7. The third kappa shape index (κ3) is 3.62. The SMILES string of the molecule is O=C(NCc1nc(-c2ccc3c(c2)OCO3)no1)Nc1ccc(Br)cc1. The normalized spacial score (nSPS) is 12.0. The van der Waals surface area contributed by atoms with E-state index in [2.05, 4.69) is 36.7 Å². The number of nitrogens with zero attached hydrogens (tertiary/aromatic N) is 2. The number of anilines is 1. The quantitative estimate of drug-likeness (QED) is 0.674. The fourth-order valence-corrected chi connectivity index (χ4v) is 2.61. The molecule has 0 unspecified atom stereocenters. The average molecular weight is 417 g/mol. The summed E-state index contributed by atoms with van der Waals surface area (Å²) in [5.41, 5.74) is 1.42. The number of aromatic nitrogens is 2. The van der Waals surface area contributed by atoms with Gasteiger partial charge in [0.1, 0.15) is 0 Å². The Hall–Kier alpha value is -3.07. The van der Waals surface area contributed by atoms with E-state index in [4.69, 9.17) is 14.0 Å². The lowest BCUT2D eigenvalue weighted by Gasteiger charge is -2.05. The fraction of sp³-hybridized carbons (Fsp3) is 0.118. The predicted molar refractivity (Wildman–Crippen MR) is 95.9 cm³/mol. The molecule has 0 atom stereocenters. The second-order valence-electron chi connectivity index (χ2n) is 5.39. The molecule has 3 aromatic rings. The molecule has 8 nitrogen and oxygen atoms in total. The van der Waals surface area contributed by atoms with Crippen LogP contribution in [0.4, 0.5) is 10.5 Å². The molecule has 9 heteroatoms. The number of benzene rings is 2. The number of carbonyl (C=O) groups is 1. The minimum atomic E-state index is -0.366. The van der Waals surface area contributed by atoms with Crippen LogP contribution in [0.5, 0.6) is 11.5 Å². The minimum Gasteiger partial charge on any atom is -0.454 e. The lowest BCUT2D eigenvalue weighted by molar-refractivity contribution is 0.174. The van der Waals surface area contributed by atoms with Gasteiger partial charge in [-0.1, -0.05) is 21.1 Å². The summed E-state index contributed by atoms with van der Waals surface area (Å²) in [6, 6.07) is 12.3. The zero-order chi connectivity index (χ0) is 17.9. The van der Waals surface area contributed by atoms with Gasteiger partial charge in [0, 0.05) is 15.7 Å². The van der Waals surface area contributed by atoms with Gasteiger partial charge in [-0.2, -0.15) is 4.98 Å². The number of hydrogen-bond donors (Lipinski definition) is 2. The van der Waals surface area contributed by atoms with E-state index < -0.39 is 0 Å². The number of carbonyl (C=O) groups excluding carboxylic acids is 1. The second kappa shape index (κ2) is 7.04. The lowest BCUT2D eigenvalue weighted by atomic mass is 10.2. The van der Waals surface area contributed by atoms with Gasteiger partial charge in [-0.05, 0) is 42.5 Å². The zero-order valence-corrected chi connectivity index (χ0v) is 14.9. The minimum absolute atomic E-state index is 0.111. The maximum Gasteiger partial charge on any atom is 0.319 e. The van der Waals surface area contributed by atoms with Crippen molar-refractivity contribution in [2.75, 3.05) is 12.1 Å². The van der Waals surface area contributed by atoms with Crippen molar-refractivity contribution in [3.63, 3.8) is 0 Å². The summed E-state index contributed by atoms with van der Waals surface area (Å²) in [7, 11) is 0. The molecule has 2 N–H and O–H groups in total. The first kappa shape index (κ1) is 16.4. The van der Waals surface area contributed by atoms with E-state index in [0.29, 0.717) is 28.9 Å². The Bertz CT molecular complexity index is 942. The van der Waals surface area contributed by atoms with Crippen molar-refractivity contribution in [1.29, 1.82) is 0 Å². The van der Waals surface area contributed by atoms with E-state index in [-0.39, 0.29) is 19.4 Å². The summed E-state index contributed by atoms with van der Waals surface area (Å²) in [6.45, 7) is 0.313. The number of hydrogen-bond acceptors (Lipinski definition) is 6. The third-order valence-electron chi connectivity index (χ3n) is 3.60. The van der Waals surface area contributed by atoms with Crippen molar-refractivity contribution in [2.45, 2.75) is 6.54 Å². The van der Waals surface area contributed by atoms with Crippen LogP contribution in [0, 0.1) is 0 Å². The standard InChI is InChI=1S/C17H13BrN4O4/c18-11-2-4-12(5-3-11)20-17(23)19-8-15-21-16(22-26-15)10-1-6-13-14(7-10)25-9-24-13/h1-7H,8-9H2,(H2,19,20,23). The van der Waals surface area contributed by atoms with E-state index in [1.807, 2.05) is 18.2 Å². The van der Waals surface area contributed by atoms with Crippen LogP contribution in [0.25, 0.3) is 11.4 Å². The highest BCUT2D eigenvalue weighted by Crippen LogP contribution is 2.35. The Balaban J connectivity index is 1.36. The number of amides is 2. The van der Waals surface area contributed by atoms with Crippen molar-refractivity contribution in [3.05, 3.63) is 52.8 Å². The van der Waals surface area contributed by atoms with Gasteiger partial charge in [0.05, 0.1) is 6.54 Å². The third-order valence-corrected chi connectivity index (χ3v) is 4.13. The molecule has 0 spiro atoms. The van der Waals surface area contributed by atoms with Gasteiger partial charge < -0.3 is 24.6 Å². The first-order valence-corrected chi connectivity index (χ1v) is 8.50. The van der Waals surface area contributed by atoms with Gasteiger partial charge >= 0.3 is 6.03 Å². The smallest absolute Gasteiger partial charge is 0.319 e. The number of halogens is 1. The van der Waals surface area contributed by atoms with Gasteiger partial charge in [-0.3, -0.25) is 0 Å². The molecule has 26 heavy (non-hydrogen) atoms. The second-order valence-corrected chi connectivity index (χ2v) is 6.31. The molecule has 0 fully saturated rings. The first-order valence-electron chi connectivity index (χ1n) is 7.70. The number of ether oxygens (including phenoxy) is 2.